The molecule has 0 aromatic carbocycles. The topological polar surface area (TPSA) is 15.3 Å². The van der Waals surface area contributed by atoms with Crippen molar-refractivity contribution in [3.8, 4) is 0 Å². The van der Waals surface area contributed by atoms with Crippen LogP contribution in [0.4, 0.5) is 0 Å². The van der Waals surface area contributed by atoms with Gasteiger partial charge in [-0.25, -0.2) is 0 Å². The molecule has 3 unspecified atom stereocenters. The van der Waals surface area contributed by atoms with Gasteiger partial charge >= 0.3 is 0 Å². The van der Waals surface area contributed by atoms with Crippen LogP contribution in [0.3, 0.4) is 0 Å². The molecular weight excluding hydrogens is 232 g/mol. The van der Waals surface area contributed by atoms with Gasteiger partial charge in [0.1, 0.15) is 0 Å². The minimum atomic E-state index is 0.435. The molecule has 0 radical (unpaired) electrons. The van der Waals surface area contributed by atoms with Crippen LogP contribution in [0.2, 0.25) is 0 Å². The van der Waals surface area contributed by atoms with Gasteiger partial charge in [-0.2, -0.15) is 0 Å². The van der Waals surface area contributed by atoms with Crippen LogP contribution in [0.5, 0.6) is 0 Å². The van der Waals surface area contributed by atoms with Crippen LogP contribution in [0.1, 0.15) is 65.2 Å². The highest BCUT2D eigenvalue weighted by molar-refractivity contribution is 4.94. The van der Waals surface area contributed by atoms with Crippen molar-refractivity contribution in [3.05, 3.63) is 0 Å². The number of nitrogens with one attached hydrogen (secondary N) is 1. The van der Waals surface area contributed by atoms with E-state index in [9.17, 15) is 0 Å². The highest BCUT2D eigenvalue weighted by atomic mass is 15.2. The Morgan fingerprint density at radius 3 is 2.26 bits per heavy atom. The molecule has 0 spiro atoms. The molecule has 0 saturated heterocycles. The van der Waals surface area contributed by atoms with Crippen LogP contribution >= 0.6 is 0 Å². The molecule has 1 N–H and O–H groups in total. The summed E-state index contributed by atoms with van der Waals surface area (Å²) in [6.45, 7) is 6.05. The Hall–Kier alpha value is -0.0800. The van der Waals surface area contributed by atoms with Gasteiger partial charge in [0.25, 0.3) is 0 Å². The van der Waals surface area contributed by atoms with Crippen molar-refractivity contribution in [1.29, 1.82) is 0 Å². The minimum absolute atomic E-state index is 0.435. The van der Waals surface area contributed by atoms with Gasteiger partial charge in [0.15, 0.2) is 0 Å². The highest BCUT2D eigenvalue weighted by Crippen LogP contribution is 2.33. The summed E-state index contributed by atoms with van der Waals surface area (Å²) in [5.74, 6) is 1.82. The number of rotatable bonds is 4. The second kappa shape index (κ2) is 6.58. The van der Waals surface area contributed by atoms with Crippen molar-refractivity contribution in [1.82, 2.24) is 10.2 Å². The first-order valence-electron chi connectivity index (χ1n) is 8.44. The third-order valence-corrected chi connectivity index (χ3v) is 6.05. The summed E-state index contributed by atoms with van der Waals surface area (Å²) >= 11 is 0. The first-order chi connectivity index (χ1) is 9.03. The Bertz CT molecular complexity index is 268. The Kier molecular flexibility index (Phi) is 5.30. The Morgan fingerprint density at radius 2 is 1.68 bits per heavy atom. The van der Waals surface area contributed by atoms with Crippen molar-refractivity contribution < 1.29 is 0 Å². The Morgan fingerprint density at radius 1 is 1.00 bits per heavy atom. The maximum Gasteiger partial charge on any atom is 0.0327 e. The fraction of sp³-hybridized carbons (Fsp3) is 1.00. The minimum Gasteiger partial charge on any atom is -0.312 e. The first kappa shape index (κ1) is 15.3. The summed E-state index contributed by atoms with van der Waals surface area (Å²) < 4.78 is 0. The van der Waals surface area contributed by atoms with E-state index in [4.69, 9.17) is 0 Å². The van der Waals surface area contributed by atoms with Gasteiger partial charge in [0.2, 0.25) is 0 Å². The molecule has 0 aromatic heterocycles. The van der Waals surface area contributed by atoms with E-state index in [2.05, 4.69) is 38.2 Å². The number of likely N-dealkylation sites (N-methyl/N-ethyl adjacent to an activating group) is 1. The summed E-state index contributed by atoms with van der Waals surface area (Å²) in [4.78, 5) is 2.49. The molecule has 19 heavy (non-hydrogen) atoms. The Labute approximate surface area is 120 Å². The average molecular weight is 266 g/mol. The molecule has 0 bridgehead atoms. The summed E-state index contributed by atoms with van der Waals surface area (Å²) in [7, 11) is 4.55. The molecule has 2 fully saturated rings. The number of hydrogen-bond donors (Lipinski definition) is 1. The molecule has 2 saturated carbocycles. The molecule has 2 rings (SSSR count). The van der Waals surface area contributed by atoms with Crippen molar-refractivity contribution in [2.45, 2.75) is 76.8 Å². The van der Waals surface area contributed by atoms with E-state index in [1.54, 1.807) is 0 Å². The smallest absolute Gasteiger partial charge is 0.0327 e. The lowest BCUT2D eigenvalue weighted by molar-refractivity contribution is 0.0893. The zero-order chi connectivity index (χ0) is 13.9. The van der Waals surface area contributed by atoms with Gasteiger partial charge in [-0.3, -0.25) is 0 Å². The van der Waals surface area contributed by atoms with Crippen LogP contribution in [0.15, 0.2) is 0 Å². The molecule has 0 heterocycles. The average Bonchev–Trinajstić information content (AvgIpc) is 2.41. The fourth-order valence-electron chi connectivity index (χ4n) is 4.06. The van der Waals surface area contributed by atoms with Crippen molar-refractivity contribution >= 4 is 0 Å². The normalized spacial score (nSPS) is 35.5. The van der Waals surface area contributed by atoms with E-state index in [1.807, 2.05) is 0 Å². The molecule has 0 aromatic rings. The van der Waals surface area contributed by atoms with Crippen molar-refractivity contribution in [3.63, 3.8) is 0 Å². The van der Waals surface area contributed by atoms with Gasteiger partial charge in [-0.1, -0.05) is 33.1 Å². The zero-order valence-corrected chi connectivity index (χ0v) is 13.5. The number of nitrogens with zero attached hydrogens (tertiary/aromatic N) is 1. The maximum atomic E-state index is 3.92. The van der Waals surface area contributed by atoms with E-state index < -0.39 is 0 Å². The summed E-state index contributed by atoms with van der Waals surface area (Å²) in [6.07, 6.45) is 11.2. The monoisotopic (exact) mass is 266 g/mol. The van der Waals surface area contributed by atoms with Gasteiger partial charge in [0, 0.05) is 18.1 Å². The molecule has 3 atom stereocenters. The van der Waals surface area contributed by atoms with Crippen LogP contribution < -0.4 is 5.32 Å². The van der Waals surface area contributed by atoms with Crippen LogP contribution in [-0.2, 0) is 0 Å². The third kappa shape index (κ3) is 3.72. The van der Waals surface area contributed by atoms with Gasteiger partial charge in [0.05, 0.1) is 0 Å². The van der Waals surface area contributed by atoms with Gasteiger partial charge in [-0.05, 0) is 58.0 Å². The Balaban J connectivity index is 1.85. The van der Waals surface area contributed by atoms with Crippen LogP contribution in [0, 0.1) is 11.8 Å². The molecule has 112 valence electrons. The van der Waals surface area contributed by atoms with E-state index >= 15 is 0 Å². The summed E-state index contributed by atoms with van der Waals surface area (Å²) in [5.41, 5.74) is 0.435. The molecule has 2 aliphatic rings. The quantitative estimate of drug-likeness (QED) is 0.835. The maximum absolute atomic E-state index is 3.92. The third-order valence-electron chi connectivity index (χ3n) is 6.05. The van der Waals surface area contributed by atoms with Crippen LogP contribution in [-0.4, -0.2) is 37.1 Å². The predicted octanol–water partition coefficient (Wildman–Crippen LogP) is 3.67. The summed E-state index contributed by atoms with van der Waals surface area (Å²) in [5, 5.41) is 3.92. The van der Waals surface area contributed by atoms with E-state index in [0.717, 1.165) is 17.9 Å². The predicted molar refractivity (Wildman–Crippen MR) is 83.5 cm³/mol. The van der Waals surface area contributed by atoms with Crippen molar-refractivity contribution in [2.24, 2.45) is 11.8 Å². The van der Waals surface area contributed by atoms with E-state index in [1.165, 1.54) is 57.9 Å². The molecule has 2 nitrogen and oxygen atoms in total. The van der Waals surface area contributed by atoms with Gasteiger partial charge in [-0.15, -0.1) is 0 Å². The largest absolute Gasteiger partial charge is 0.312 e. The molecule has 0 amide bonds. The molecular formula is C17H34N2. The molecule has 2 aliphatic carbocycles. The fourth-order valence-corrected chi connectivity index (χ4v) is 4.06. The molecule has 0 aliphatic heterocycles. The van der Waals surface area contributed by atoms with Gasteiger partial charge < -0.3 is 10.2 Å². The zero-order valence-electron chi connectivity index (χ0n) is 13.5. The number of hydrogen-bond acceptors (Lipinski definition) is 2. The van der Waals surface area contributed by atoms with Crippen molar-refractivity contribution in [2.75, 3.05) is 20.6 Å². The molecule has 2 heteroatoms. The van der Waals surface area contributed by atoms with E-state index in [-0.39, 0.29) is 0 Å². The lowest BCUT2D eigenvalue weighted by Crippen LogP contribution is -2.55. The standard InChI is InChI=1S/C17H34N2/c1-14-8-9-16(12-15(14)2)18-13-17(19(3)4)10-6-5-7-11-17/h14-16,18H,5-13H2,1-4H3. The SMILES string of the molecule is CC1CCC(NCC2(N(C)C)CCCCC2)CC1C. The second-order valence-electron chi connectivity index (χ2n) is 7.52. The first-order valence-corrected chi connectivity index (χ1v) is 8.44. The lowest BCUT2D eigenvalue weighted by atomic mass is 9.77. The highest BCUT2D eigenvalue weighted by Gasteiger charge is 2.35. The van der Waals surface area contributed by atoms with E-state index in [0.29, 0.717) is 5.54 Å². The van der Waals surface area contributed by atoms with Crippen LogP contribution in [0.25, 0.3) is 0 Å². The second-order valence-corrected chi connectivity index (χ2v) is 7.52. The summed E-state index contributed by atoms with van der Waals surface area (Å²) in [6, 6.07) is 0.768. The lowest BCUT2D eigenvalue weighted by Gasteiger charge is -2.45.